The van der Waals surface area contributed by atoms with Crippen LogP contribution in [0.1, 0.15) is 37.1 Å². The van der Waals surface area contributed by atoms with E-state index in [9.17, 15) is 4.79 Å². The van der Waals surface area contributed by atoms with Crippen LogP contribution in [0.4, 0.5) is 10.9 Å². The largest absolute Gasteiger partial charge is 0.490 e. The van der Waals surface area contributed by atoms with E-state index < -0.39 is 0 Å². The van der Waals surface area contributed by atoms with Gasteiger partial charge in [0.1, 0.15) is 11.9 Å². The number of aromatic nitrogens is 5. The number of nitrogens with zero attached hydrogens (tertiary/aromatic N) is 6. The van der Waals surface area contributed by atoms with E-state index in [4.69, 9.17) is 9.47 Å². The minimum absolute atomic E-state index is 0.0194. The molecule has 11 heteroatoms. The molecule has 1 aliphatic carbocycles. The van der Waals surface area contributed by atoms with Gasteiger partial charge in [0.2, 0.25) is 11.0 Å². The smallest absolute Gasteiger partial charge is 0.296 e. The van der Waals surface area contributed by atoms with E-state index in [1.165, 1.54) is 17.8 Å². The monoisotopic (exact) mass is 467 g/mol. The van der Waals surface area contributed by atoms with Crippen LogP contribution in [0.25, 0.3) is 0 Å². The van der Waals surface area contributed by atoms with Gasteiger partial charge >= 0.3 is 0 Å². The predicted octanol–water partition coefficient (Wildman–Crippen LogP) is 2.80. The van der Waals surface area contributed by atoms with Crippen molar-refractivity contribution in [3.05, 3.63) is 41.9 Å². The van der Waals surface area contributed by atoms with E-state index in [0.717, 1.165) is 43.1 Å². The zero-order chi connectivity index (χ0) is 22.6. The van der Waals surface area contributed by atoms with Crippen molar-refractivity contribution >= 4 is 28.2 Å². The first kappa shape index (κ1) is 21.5. The van der Waals surface area contributed by atoms with Crippen molar-refractivity contribution in [3.8, 4) is 10.9 Å². The molecule has 1 unspecified atom stereocenters. The van der Waals surface area contributed by atoms with Gasteiger partial charge in [-0.3, -0.25) is 9.78 Å². The van der Waals surface area contributed by atoms with Gasteiger partial charge in [-0.05, 0) is 49.7 Å². The van der Waals surface area contributed by atoms with Crippen molar-refractivity contribution in [2.45, 2.75) is 51.2 Å². The Bertz CT molecular complexity index is 1110. The molecule has 33 heavy (non-hydrogen) atoms. The number of aryl methyl sites for hydroxylation is 1. The molecule has 0 spiro atoms. The Morgan fingerprint density at radius 2 is 2.09 bits per heavy atom. The second-order valence-electron chi connectivity index (χ2n) is 8.26. The highest BCUT2D eigenvalue weighted by Gasteiger charge is 2.26. The molecule has 0 radical (unpaired) electrons. The second kappa shape index (κ2) is 9.65. The fourth-order valence-corrected chi connectivity index (χ4v) is 4.49. The Labute approximate surface area is 195 Å². The standard InChI is InChI=1S/C22H25N7O3S/c1-14-10-18(31-16-4-2-5-16)11-15(24-14)12-20(30)25-21-27-28-22(33-21)32-17-7-9-29(13-17)19-6-3-8-23-26-19/h3,6,8,10-11,16-17H,2,4-5,7,9,12-13H2,1H3,(H,25,27,30). The van der Waals surface area contributed by atoms with E-state index in [0.29, 0.717) is 22.6 Å². The summed E-state index contributed by atoms with van der Waals surface area (Å²) in [6.07, 6.45) is 6.27. The lowest BCUT2D eigenvalue weighted by molar-refractivity contribution is -0.115. The van der Waals surface area contributed by atoms with Crippen molar-refractivity contribution < 1.29 is 14.3 Å². The minimum atomic E-state index is -0.208. The van der Waals surface area contributed by atoms with Crippen LogP contribution in [0.3, 0.4) is 0 Å². The first-order chi connectivity index (χ1) is 16.1. The molecule has 5 rings (SSSR count). The molecule has 4 heterocycles. The Kier molecular flexibility index (Phi) is 6.29. The maximum absolute atomic E-state index is 12.5. The van der Waals surface area contributed by atoms with Gasteiger partial charge in [0, 0.05) is 37.0 Å². The SMILES string of the molecule is Cc1cc(OC2CCC2)cc(CC(=O)Nc2nnc(OC3CCN(c4cccnn4)C3)s2)n1. The zero-order valence-electron chi connectivity index (χ0n) is 18.3. The lowest BCUT2D eigenvalue weighted by atomic mass is 9.96. The van der Waals surface area contributed by atoms with Crippen molar-refractivity contribution in [2.24, 2.45) is 0 Å². The van der Waals surface area contributed by atoms with Gasteiger partial charge in [-0.25, -0.2) is 0 Å². The van der Waals surface area contributed by atoms with E-state index in [1.807, 2.05) is 31.2 Å². The first-order valence-electron chi connectivity index (χ1n) is 11.1. The van der Waals surface area contributed by atoms with Crippen LogP contribution in [-0.4, -0.2) is 56.6 Å². The van der Waals surface area contributed by atoms with Crippen LogP contribution >= 0.6 is 11.3 Å². The molecule has 3 aromatic heterocycles. The summed E-state index contributed by atoms with van der Waals surface area (Å²) >= 11 is 1.21. The summed E-state index contributed by atoms with van der Waals surface area (Å²) in [5.41, 5.74) is 1.49. The highest BCUT2D eigenvalue weighted by Crippen LogP contribution is 2.28. The number of ether oxygens (including phenoxy) is 2. The topological polar surface area (TPSA) is 115 Å². The summed E-state index contributed by atoms with van der Waals surface area (Å²) in [6.45, 7) is 3.43. The fraction of sp³-hybridized carbons (Fsp3) is 0.455. The van der Waals surface area contributed by atoms with E-state index in [-0.39, 0.29) is 24.5 Å². The van der Waals surface area contributed by atoms with E-state index >= 15 is 0 Å². The average Bonchev–Trinajstić information content (AvgIpc) is 3.41. The third-order valence-electron chi connectivity index (χ3n) is 5.62. The van der Waals surface area contributed by atoms with Gasteiger partial charge in [0.15, 0.2) is 5.82 Å². The molecule has 1 amide bonds. The Morgan fingerprint density at radius 1 is 1.18 bits per heavy atom. The number of hydrogen-bond donors (Lipinski definition) is 1. The highest BCUT2D eigenvalue weighted by atomic mass is 32.1. The predicted molar refractivity (Wildman–Crippen MR) is 123 cm³/mol. The first-order valence-corrected chi connectivity index (χ1v) is 11.9. The Hall–Kier alpha value is -3.34. The quantitative estimate of drug-likeness (QED) is 0.534. The number of anilines is 2. The number of hydrogen-bond acceptors (Lipinski definition) is 10. The molecule has 2 aliphatic rings. The molecule has 1 saturated carbocycles. The molecule has 1 atom stereocenters. The number of carbonyl (C=O) groups is 1. The summed E-state index contributed by atoms with van der Waals surface area (Å²) in [5, 5.41) is 19.8. The van der Waals surface area contributed by atoms with Gasteiger partial charge < -0.3 is 19.7 Å². The second-order valence-corrected chi connectivity index (χ2v) is 9.20. The van der Waals surface area contributed by atoms with Crippen molar-refractivity contribution in [1.29, 1.82) is 0 Å². The van der Waals surface area contributed by atoms with Crippen LogP contribution in [-0.2, 0) is 11.2 Å². The van der Waals surface area contributed by atoms with Crippen LogP contribution in [0, 0.1) is 6.92 Å². The summed E-state index contributed by atoms with van der Waals surface area (Å²) in [4.78, 5) is 19.1. The van der Waals surface area contributed by atoms with Crippen molar-refractivity contribution in [1.82, 2.24) is 25.4 Å². The fourth-order valence-electron chi connectivity index (χ4n) is 3.82. The van der Waals surface area contributed by atoms with Crippen LogP contribution < -0.4 is 19.7 Å². The van der Waals surface area contributed by atoms with Gasteiger partial charge in [-0.1, -0.05) is 5.10 Å². The molecule has 2 fully saturated rings. The Morgan fingerprint density at radius 3 is 2.88 bits per heavy atom. The molecular weight excluding hydrogens is 442 g/mol. The van der Waals surface area contributed by atoms with Gasteiger partial charge in [0.05, 0.1) is 24.8 Å². The third kappa shape index (κ3) is 5.54. The number of amides is 1. The molecule has 172 valence electrons. The van der Waals surface area contributed by atoms with Crippen LogP contribution in [0.2, 0.25) is 0 Å². The molecule has 0 bridgehead atoms. The lowest BCUT2D eigenvalue weighted by Gasteiger charge is -2.26. The summed E-state index contributed by atoms with van der Waals surface area (Å²) in [7, 11) is 0. The van der Waals surface area contributed by atoms with Crippen molar-refractivity contribution in [2.75, 3.05) is 23.3 Å². The minimum Gasteiger partial charge on any atom is -0.490 e. The van der Waals surface area contributed by atoms with Gasteiger partial charge in [-0.2, -0.15) is 5.10 Å². The Balaban J connectivity index is 1.13. The third-order valence-corrected chi connectivity index (χ3v) is 6.35. The normalized spacial score (nSPS) is 18.1. The summed E-state index contributed by atoms with van der Waals surface area (Å²) < 4.78 is 11.9. The van der Waals surface area contributed by atoms with Crippen LogP contribution in [0.15, 0.2) is 30.5 Å². The molecular formula is C22H25N7O3S. The molecule has 1 N–H and O–H groups in total. The highest BCUT2D eigenvalue weighted by molar-refractivity contribution is 7.17. The lowest BCUT2D eigenvalue weighted by Crippen LogP contribution is -2.25. The number of carbonyl (C=O) groups excluding carboxylic acids is 1. The molecule has 3 aromatic rings. The molecule has 1 aliphatic heterocycles. The molecule has 0 aromatic carbocycles. The average molecular weight is 468 g/mol. The number of pyridine rings is 1. The van der Waals surface area contributed by atoms with Crippen LogP contribution in [0.5, 0.6) is 10.9 Å². The van der Waals surface area contributed by atoms with Gasteiger partial charge in [-0.15, -0.1) is 10.2 Å². The van der Waals surface area contributed by atoms with E-state index in [2.05, 4.69) is 35.6 Å². The van der Waals surface area contributed by atoms with Crippen molar-refractivity contribution in [3.63, 3.8) is 0 Å². The molecule has 10 nitrogen and oxygen atoms in total. The maximum Gasteiger partial charge on any atom is 0.296 e. The zero-order valence-corrected chi connectivity index (χ0v) is 19.1. The molecule has 1 saturated heterocycles. The number of nitrogens with one attached hydrogen (secondary N) is 1. The van der Waals surface area contributed by atoms with E-state index in [1.54, 1.807) is 6.20 Å². The maximum atomic E-state index is 12.5. The number of rotatable bonds is 8. The van der Waals surface area contributed by atoms with Gasteiger partial charge in [0.25, 0.3) is 5.19 Å². The summed E-state index contributed by atoms with van der Waals surface area (Å²) in [6, 6.07) is 7.54. The summed E-state index contributed by atoms with van der Waals surface area (Å²) in [5.74, 6) is 1.40.